The summed E-state index contributed by atoms with van der Waals surface area (Å²) in [6, 6.07) is 22.4. The van der Waals surface area contributed by atoms with Crippen LogP contribution in [0.4, 0.5) is 0 Å². The van der Waals surface area contributed by atoms with Crippen molar-refractivity contribution in [2.75, 3.05) is 33.2 Å². The molecule has 0 aliphatic carbocycles. The van der Waals surface area contributed by atoms with Crippen LogP contribution in [0.3, 0.4) is 0 Å². The Morgan fingerprint density at radius 3 is 1.90 bits per heavy atom. The lowest BCUT2D eigenvalue weighted by Crippen LogP contribution is -2.41. The Bertz CT molecular complexity index is 1960. The highest BCUT2D eigenvalue weighted by Gasteiger charge is 2.37. The van der Waals surface area contributed by atoms with Gasteiger partial charge in [0.25, 0.3) is 0 Å². The van der Waals surface area contributed by atoms with Crippen molar-refractivity contribution < 1.29 is 9.59 Å². The molecule has 3 aliphatic heterocycles. The van der Waals surface area contributed by atoms with E-state index in [-0.39, 0.29) is 35.7 Å². The summed E-state index contributed by atoms with van der Waals surface area (Å²) in [4.78, 5) is 54.5. The molecule has 0 bridgehead atoms. The third kappa shape index (κ3) is 6.72. The number of amides is 2. The molecular formula is C41H46N8O2. The fraction of sp³-hybridized carbons (Fsp3) is 0.390. The van der Waals surface area contributed by atoms with Crippen molar-refractivity contribution in [3.63, 3.8) is 0 Å². The fourth-order valence-corrected chi connectivity index (χ4v) is 8.10. The van der Waals surface area contributed by atoms with E-state index in [0.29, 0.717) is 0 Å². The van der Waals surface area contributed by atoms with Gasteiger partial charge in [0.05, 0.1) is 47.5 Å². The number of nitrogens with one attached hydrogen (secondary N) is 2. The normalized spacial score (nSPS) is 20.6. The quantitative estimate of drug-likeness (QED) is 0.182. The largest absolute Gasteiger partial charge is 0.340 e. The van der Waals surface area contributed by atoms with Gasteiger partial charge in [-0.05, 0) is 88.8 Å². The first-order valence-corrected chi connectivity index (χ1v) is 18.4. The molecule has 0 unspecified atom stereocenters. The minimum Gasteiger partial charge on any atom is -0.340 e. The maximum absolute atomic E-state index is 13.5. The number of piperidine rings is 1. The Morgan fingerprint density at radius 1 is 0.667 bits per heavy atom. The molecule has 2 aromatic carbocycles. The third-order valence-electron chi connectivity index (χ3n) is 11.2. The van der Waals surface area contributed by atoms with Gasteiger partial charge in [0.2, 0.25) is 11.8 Å². The molecule has 3 saturated heterocycles. The Morgan fingerprint density at radius 2 is 1.25 bits per heavy atom. The number of rotatable bonds is 8. The van der Waals surface area contributed by atoms with Crippen molar-refractivity contribution in [3.8, 4) is 33.8 Å². The van der Waals surface area contributed by atoms with E-state index in [0.717, 1.165) is 116 Å². The number of likely N-dealkylation sites (tertiary alicyclic amines) is 3. The number of hydrogen-bond acceptors (Lipinski definition) is 6. The van der Waals surface area contributed by atoms with E-state index in [2.05, 4.69) is 57.1 Å². The molecule has 10 nitrogen and oxygen atoms in total. The number of hydrogen-bond donors (Lipinski definition) is 2. The summed E-state index contributed by atoms with van der Waals surface area (Å²) >= 11 is 0. The zero-order valence-corrected chi connectivity index (χ0v) is 29.5. The average molecular weight is 683 g/mol. The van der Waals surface area contributed by atoms with Gasteiger partial charge in [0, 0.05) is 36.3 Å². The summed E-state index contributed by atoms with van der Waals surface area (Å²) in [7, 11) is 2.13. The SMILES string of the molecule is C[C@@H](C(=O)N1CCC[C@H]1c1ncc(-c2ccc(-c3ccc(-c4cnc([C@@H]5CCCN5C(=O)C5CCN(C)CC5)[nH]4)cn3)cc2)[nH]1)c1ccccc1. The molecule has 2 amide bonds. The Kier molecular flexibility index (Phi) is 9.25. The summed E-state index contributed by atoms with van der Waals surface area (Å²) in [6.07, 6.45) is 11.3. The number of aromatic amines is 2. The van der Waals surface area contributed by atoms with Gasteiger partial charge in [-0.1, -0.05) is 54.6 Å². The maximum atomic E-state index is 13.5. The summed E-state index contributed by atoms with van der Waals surface area (Å²) in [5.74, 6) is 2.06. The highest BCUT2D eigenvalue weighted by Crippen LogP contribution is 2.36. The summed E-state index contributed by atoms with van der Waals surface area (Å²) in [5.41, 5.74) is 6.77. The standard InChI is InChI=1S/C41H46N8O2/c1-27(28-8-4-3-5-9-28)40(50)48-20-6-10-36(48)38-43-25-34(45-38)30-14-12-29(13-15-30)33-17-16-32(24-42-33)35-26-44-39(46-35)37-11-7-21-49(37)41(51)31-18-22-47(2)23-19-31/h3-5,8-9,12-17,24-27,31,36-37H,6-7,10-11,18-23H2,1-2H3,(H,43,45)(H,44,46)/t27-,36+,37+/m1/s1. The Labute approximate surface area is 299 Å². The van der Waals surface area contributed by atoms with Crippen molar-refractivity contribution in [1.82, 2.24) is 39.6 Å². The van der Waals surface area contributed by atoms with Crippen LogP contribution >= 0.6 is 0 Å². The molecule has 51 heavy (non-hydrogen) atoms. The molecule has 3 atom stereocenters. The number of carbonyl (C=O) groups excluding carboxylic acids is 2. The number of aromatic nitrogens is 5. The lowest BCUT2D eigenvalue weighted by atomic mass is 9.95. The maximum Gasteiger partial charge on any atom is 0.230 e. The van der Waals surface area contributed by atoms with E-state index in [1.807, 2.05) is 66.8 Å². The van der Waals surface area contributed by atoms with Gasteiger partial charge in [-0.25, -0.2) is 9.97 Å². The van der Waals surface area contributed by atoms with E-state index in [9.17, 15) is 9.59 Å². The second-order valence-electron chi connectivity index (χ2n) is 14.5. The molecule has 8 rings (SSSR count). The first-order valence-electron chi connectivity index (χ1n) is 18.4. The van der Waals surface area contributed by atoms with Crippen LogP contribution in [0, 0.1) is 5.92 Å². The minimum atomic E-state index is -0.193. The van der Waals surface area contributed by atoms with Crippen LogP contribution in [0.5, 0.6) is 0 Å². The first-order chi connectivity index (χ1) is 24.9. The molecular weight excluding hydrogens is 637 g/mol. The molecule has 3 fully saturated rings. The van der Waals surface area contributed by atoms with E-state index < -0.39 is 0 Å². The second-order valence-corrected chi connectivity index (χ2v) is 14.5. The zero-order valence-electron chi connectivity index (χ0n) is 29.5. The molecule has 3 aromatic heterocycles. The average Bonchev–Trinajstić information content (AvgIpc) is 4.02. The number of imidazole rings is 2. The van der Waals surface area contributed by atoms with Crippen LogP contribution in [0.1, 0.15) is 80.7 Å². The van der Waals surface area contributed by atoms with Crippen molar-refractivity contribution in [2.45, 2.75) is 63.5 Å². The Hall–Kier alpha value is -5.09. The van der Waals surface area contributed by atoms with Crippen LogP contribution in [-0.4, -0.2) is 84.7 Å². The summed E-state index contributed by atoms with van der Waals surface area (Å²) in [5, 5.41) is 0. The Balaban J connectivity index is 0.913. The fourth-order valence-electron chi connectivity index (χ4n) is 8.10. The minimum absolute atomic E-state index is 0.00512. The molecule has 2 N–H and O–H groups in total. The molecule has 262 valence electrons. The molecule has 5 aromatic rings. The lowest BCUT2D eigenvalue weighted by Gasteiger charge is -2.32. The molecule has 0 saturated carbocycles. The van der Waals surface area contributed by atoms with E-state index >= 15 is 0 Å². The van der Waals surface area contributed by atoms with Gasteiger partial charge in [-0.15, -0.1) is 0 Å². The van der Waals surface area contributed by atoms with E-state index in [1.54, 1.807) is 0 Å². The lowest BCUT2D eigenvalue weighted by molar-refractivity contribution is -0.138. The highest BCUT2D eigenvalue weighted by atomic mass is 16.2. The molecule has 0 spiro atoms. The first kappa shape index (κ1) is 33.1. The van der Waals surface area contributed by atoms with Crippen LogP contribution in [0.15, 0.2) is 85.3 Å². The third-order valence-corrected chi connectivity index (χ3v) is 11.2. The van der Waals surface area contributed by atoms with E-state index in [4.69, 9.17) is 15.0 Å². The topological polar surface area (TPSA) is 114 Å². The molecule has 0 radical (unpaired) electrons. The van der Waals surface area contributed by atoms with E-state index in [1.165, 1.54) is 0 Å². The van der Waals surface area contributed by atoms with Crippen molar-refractivity contribution in [3.05, 3.63) is 103 Å². The van der Waals surface area contributed by atoms with Gasteiger partial charge in [0.15, 0.2) is 0 Å². The predicted molar refractivity (Wildman–Crippen MR) is 197 cm³/mol. The molecule has 6 heterocycles. The van der Waals surface area contributed by atoms with Gasteiger partial charge >= 0.3 is 0 Å². The number of carbonyl (C=O) groups is 2. The highest BCUT2D eigenvalue weighted by molar-refractivity contribution is 5.84. The van der Waals surface area contributed by atoms with Crippen molar-refractivity contribution in [2.24, 2.45) is 5.92 Å². The summed E-state index contributed by atoms with van der Waals surface area (Å²) < 4.78 is 0. The molecule has 3 aliphatic rings. The molecule has 10 heteroatoms. The van der Waals surface area contributed by atoms with Gasteiger partial charge in [-0.2, -0.15) is 0 Å². The number of pyridine rings is 1. The second kappa shape index (κ2) is 14.3. The van der Waals surface area contributed by atoms with Gasteiger partial charge in [0.1, 0.15) is 11.6 Å². The van der Waals surface area contributed by atoms with Gasteiger partial charge in [-0.3, -0.25) is 14.6 Å². The summed E-state index contributed by atoms with van der Waals surface area (Å²) in [6.45, 7) is 5.51. The van der Waals surface area contributed by atoms with Crippen LogP contribution in [0.2, 0.25) is 0 Å². The van der Waals surface area contributed by atoms with Crippen molar-refractivity contribution >= 4 is 11.8 Å². The monoisotopic (exact) mass is 682 g/mol. The van der Waals surface area contributed by atoms with Crippen LogP contribution in [-0.2, 0) is 9.59 Å². The van der Waals surface area contributed by atoms with Crippen molar-refractivity contribution in [1.29, 1.82) is 0 Å². The van der Waals surface area contributed by atoms with Crippen LogP contribution in [0.25, 0.3) is 33.8 Å². The zero-order chi connectivity index (χ0) is 34.9. The van der Waals surface area contributed by atoms with Gasteiger partial charge < -0.3 is 24.7 Å². The predicted octanol–water partition coefficient (Wildman–Crippen LogP) is 7.00. The number of H-pyrrole nitrogens is 2. The smallest absolute Gasteiger partial charge is 0.230 e. The number of nitrogens with zero attached hydrogens (tertiary/aromatic N) is 6. The van der Waals surface area contributed by atoms with Crippen LogP contribution < -0.4 is 0 Å². The number of benzene rings is 2.